The molecule has 0 spiro atoms. The molecule has 1 atom stereocenters. The van der Waals surface area contributed by atoms with E-state index in [1.165, 1.54) is 32.1 Å². The summed E-state index contributed by atoms with van der Waals surface area (Å²) in [6.07, 6.45) is 10.6. The molecule has 5 heteroatoms. The van der Waals surface area contributed by atoms with Crippen LogP contribution >= 0.6 is 0 Å². The number of nitrogen functional groups attached to an aromatic ring is 1. The van der Waals surface area contributed by atoms with Crippen molar-refractivity contribution < 1.29 is 5.11 Å². The van der Waals surface area contributed by atoms with Crippen LogP contribution in [0.2, 0.25) is 0 Å². The SMILES string of the molecule is CC(C)CC(O)Nc1ncc(-c2ccc(N)cc2)nc1CCC1CCCCC1. The van der Waals surface area contributed by atoms with Gasteiger partial charge in [0.15, 0.2) is 0 Å². The highest BCUT2D eigenvalue weighted by Gasteiger charge is 2.17. The lowest BCUT2D eigenvalue weighted by Crippen LogP contribution is -2.23. The van der Waals surface area contributed by atoms with Gasteiger partial charge in [-0.15, -0.1) is 0 Å². The number of hydrogen-bond donors (Lipinski definition) is 3. The van der Waals surface area contributed by atoms with Crippen molar-refractivity contribution in [1.82, 2.24) is 9.97 Å². The first-order valence-electron chi connectivity index (χ1n) is 10.7. The van der Waals surface area contributed by atoms with Gasteiger partial charge in [0, 0.05) is 11.3 Å². The lowest BCUT2D eigenvalue weighted by Gasteiger charge is -2.22. The second-order valence-electron chi connectivity index (χ2n) is 8.50. The monoisotopic (exact) mass is 382 g/mol. The fourth-order valence-corrected chi connectivity index (χ4v) is 4.00. The van der Waals surface area contributed by atoms with Crippen LogP contribution in [0.5, 0.6) is 0 Å². The van der Waals surface area contributed by atoms with E-state index >= 15 is 0 Å². The summed E-state index contributed by atoms with van der Waals surface area (Å²) < 4.78 is 0. The van der Waals surface area contributed by atoms with Gasteiger partial charge >= 0.3 is 0 Å². The van der Waals surface area contributed by atoms with E-state index in [-0.39, 0.29) is 0 Å². The van der Waals surface area contributed by atoms with Gasteiger partial charge in [-0.2, -0.15) is 0 Å². The van der Waals surface area contributed by atoms with E-state index < -0.39 is 6.23 Å². The Morgan fingerprint density at radius 2 is 1.86 bits per heavy atom. The standard InChI is InChI=1S/C23H34N4O/c1-16(2)14-22(28)27-23-20(13-8-17-6-4-3-5-7-17)26-21(15-25-23)18-9-11-19(24)12-10-18/h9-12,15-17,22,28H,3-8,13-14,24H2,1-2H3,(H,25,27). The number of aliphatic hydroxyl groups is 1. The molecule has 1 saturated carbocycles. The van der Waals surface area contributed by atoms with Crippen molar-refractivity contribution in [3.63, 3.8) is 0 Å². The maximum Gasteiger partial charge on any atom is 0.149 e. The van der Waals surface area contributed by atoms with E-state index in [0.717, 1.165) is 41.4 Å². The summed E-state index contributed by atoms with van der Waals surface area (Å²) in [6.45, 7) is 4.20. The Bertz CT molecular complexity index is 739. The molecule has 3 rings (SSSR count). The van der Waals surface area contributed by atoms with Crippen molar-refractivity contribution in [2.45, 2.75) is 71.4 Å². The number of anilines is 2. The highest BCUT2D eigenvalue weighted by molar-refractivity contribution is 5.62. The summed E-state index contributed by atoms with van der Waals surface area (Å²) in [5.74, 6) is 1.91. The molecule has 0 amide bonds. The minimum absolute atomic E-state index is 0.412. The first-order chi connectivity index (χ1) is 13.5. The maximum absolute atomic E-state index is 10.3. The van der Waals surface area contributed by atoms with Gasteiger partial charge in [0.05, 0.1) is 17.6 Å². The number of aliphatic hydroxyl groups excluding tert-OH is 1. The molecule has 1 aromatic carbocycles. The van der Waals surface area contributed by atoms with Crippen LogP contribution in [0.4, 0.5) is 11.5 Å². The topological polar surface area (TPSA) is 84.1 Å². The second-order valence-corrected chi connectivity index (χ2v) is 8.50. The number of hydrogen-bond acceptors (Lipinski definition) is 5. The van der Waals surface area contributed by atoms with Crippen LogP contribution in [0.15, 0.2) is 30.5 Å². The molecule has 2 aromatic rings. The smallest absolute Gasteiger partial charge is 0.149 e. The van der Waals surface area contributed by atoms with E-state index in [9.17, 15) is 5.11 Å². The predicted molar refractivity (Wildman–Crippen MR) is 116 cm³/mol. The quantitative estimate of drug-likeness (QED) is 0.441. The zero-order valence-electron chi connectivity index (χ0n) is 17.2. The molecular weight excluding hydrogens is 348 g/mol. The van der Waals surface area contributed by atoms with Crippen molar-refractivity contribution in [3.05, 3.63) is 36.2 Å². The van der Waals surface area contributed by atoms with Gasteiger partial charge in [0.2, 0.25) is 0 Å². The molecular formula is C23H34N4O. The molecule has 0 radical (unpaired) electrons. The average Bonchev–Trinajstić information content (AvgIpc) is 2.68. The predicted octanol–water partition coefficient (Wildman–Crippen LogP) is 5.02. The lowest BCUT2D eigenvalue weighted by molar-refractivity contribution is 0.175. The molecule has 0 saturated heterocycles. The molecule has 0 bridgehead atoms. The fourth-order valence-electron chi connectivity index (χ4n) is 4.00. The van der Waals surface area contributed by atoms with Crippen LogP contribution in [0.3, 0.4) is 0 Å². The summed E-state index contributed by atoms with van der Waals surface area (Å²) in [4.78, 5) is 9.54. The van der Waals surface area contributed by atoms with Gasteiger partial charge in [-0.1, -0.05) is 58.1 Å². The normalized spacial score (nSPS) is 16.3. The zero-order valence-corrected chi connectivity index (χ0v) is 17.2. The molecule has 5 nitrogen and oxygen atoms in total. The van der Waals surface area contributed by atoms with Gasteiger partial charge in [-0.05, 0) is 43.2 Å². The molecule has 1 aromatic heterocycles. The number of rotatable bonds is 8. The number of benzene rings is 1. The van der Waals surface area contributed by atoms with E-state index in [1.54, 1.807) is 6.20 Å². The first-order valence-corrected chi connectivity index (χ1v) is 10.7. The summed E-state index contributed by atoms with van der Waals surface area (Å²) in [5.41, 5.74) is 9.36. The molecule has 0 aliphatic heterocycles. The Hall–Kier alpha value is -2.14. The Morgan fingerprint density at radius 1 is 1.14 bits per heavy atom. The van der Waals surface area contributed by atoms with Gasteiger partial charge in [0.25, 0.3) is 0 Å². The van der Waals surface area contributed by atoms with Crippen LogP contribution in [0.1, 0.15) is 64.5 Å². The highest BCUT2D eigenvalue weighted by atomic mass is 16.3. The maximum atomic E-state index is 10.3. The molecule has 1 heterocycles. The first kappa shape index (κ1) is 20.6. The molecule has 152 valence electrons. The number of aryl methyl sites for hydroxylation is 1. The highest BCUT2D eigenvalue weighted by Crippen LogP contribution is 2.29. The van der Waals surface area contributed by atoms with E-state index in [1.807, 2.05) is 24.3 Å². The summed E-state index contributed by atoms with van der Waals surface area (Å²) in [5, 5.41) is 13.5. The Labute approximate surface area is 168 Å². The van der Waals surface area contributed by atoms with E-state index in [2.05, 4.69) is 24.1 Å². The third-order valence-electron chi connectivity index (χ3n) is 5.56. The van der Waals surface area contributed by atoms with E-state index in [0.29, 0.717) is 18.2 Å². The van der Waals surface area contributed by atoms with Gasteiger partial charge < -0.3 is 16.2 Å². The van der Waals surface area contributed by atoms with Crippen molar-refractivity contribution in [2.75, 3.05) is 11.1 Å². The molecule has 1 fully saturated rings. The third kappa shape index (κ3) is 5.93. The van der Waals surface area contributed by atoms with Crippen LogP contribution in [0, 0.1) is 11.8 Å². The van der Waals surface area contributed by atoms with E-state index in [4.69, 9.17) is 10.7 Å². The molecule has 1 aliphatic carbocycles. The number of aromatic nitrogens is 2. The Kier molecular flexibility index (Phi) is 7.26. The summed E-state index contributed by atoms with van der Waals surface area (Å²) in [7, 11) is 0. The van der Waals surface area contributed by atoms with Crippen molar-refractivity contribution in [2.24, 2.45) is 11.8 Å². The largest absolute Gasteiger partial charge is 0.399 e. The molecule has 1 unspecified atom stereocenters. The zero-order chi connectivity index (χ0) is 19.9. The second kappa shape index (κ2) is 9.87. The Balaban J connectivity index is 1.79. The lowest BCUT2D eigenvalue weighted by atomic mass is 9.86. The van der Waals surface area contributed by atoms with Crippen LogP contribution in [-0.4, -0.2) is 21.3 Å². The fraction of sp³-hybridized carbons (Fsp3) is 0.565. The van der Waals surface area contributed by atoms with Crippen LogP contribution in [-0.2, 0) is 6.42 Å². The molecule has 28 heavy (non-hydrogen) atoms. The molecule has 4 N–H and O–H groups in total. The van der Waals surface area contributed by atoms with Crippen molar-refractivity contribution in [1.29, 1.82) is 0 Å². The minimum atomic E-state index is -0.606. The molecule has 1 aliphatic rings. The van der Waals surface area contributed by atoms with Crippen molar-refractivity contribution >= 4 is 11.5 Å². The summed E-state index contributed by atoms with van der Waals surface area (Å²) in [6, 6.07) is 7.73. The van der Waals surface area contributed by atoms with Gasteiger partial charge in [0.1, 0.15) is 12.0 Å². The third-order valence-corrected chi connectivity index (χ3v) is 5.56. The number of nitrogens with one attached hydrogen (secondary N) is 1. The van der Waals surface area contributed by atoms with Gasteiger partial charge in [-0.3, -0.25) is 0 Å². The van der Waals surface area contributed by atoms with Gasteiger partial charge in [-0.25, -0.2) is 9.97 Å². The Morgan fingerprint density at radius 3 is 2.54 bits per heavy atom. The number of nitrogens with zero attached hydrogens (tertiary/aromatic N) is 2. The van der Waals surface area contributed by atoms with Crippen LogP contribution in [0.25, 0.3) is 11.3 Å². The summed E-state index contributed by atoms with van der Waals surface area (Å²) >= 11 is 0. The van der Waals surface area contributed by atoms with Crippen LogP contribution < -0.4 is 11.1 Å². The van der Waals surface area contributed by atoms with Crippen molar-refractivity contribution in [3.8, 4) is 11.3 Å². The minimum Gasteiger partial charge on any atom is -0.399 e. The number of nitrogens with two attached hydrogens (primary N) is 1. The average molecular weight is 383 g/mol.